The van der Waals surface area contributed by atoms with Gasteiger partial charge in [0.05, 0.1) is 46.2 Å². The quantitative estimate of drug-likeness (QED) is 0.189. The largest absolute Gasteiger partial charge is 0.481 e. The Balaban J connectivity index is 1.10. The molecule has 0 saturated carbocycles. The van der Waals surface area contributed by atoms with Crippen molar-refractivity contribution in [2.75, 3.05) is 52.3 Å². The third-order valence-corrected chi connectivity index (χ3v) is 12.1. The molecule has 2 aromatic carbocycles. The van der Waals surface area contributed by atoms with E-state index in [0.29, 0.717) is 75.2 Å². The van der Waals surface area contributed by atoms with Crippen LogP contribution in [0.15, 0.2) is 58.1 Å². The van der Waals surface area contributed by atoms with Crippen LogP contribution >= 0.6 is 23.2 Å². The number of ether oxygens (including phenoxy) is 2. The molecule has 8 rings (SSSR count). The molecule has 1 aliphatic carbocycles. The minimum atomic E-state index is -0.462. The lowest BCUT2D eigenvalue weighted by Gasteiger charge is -2.28. The van der Waals surface area contributed by atoms with Gasteiger partial charge >= 0.3 is 11.7 Å². The summed E-state index contributed by atoms with van der Waals surface area (Å²) in [5, 5.41) is 7.67. The number of aryl methyl sites for hydroxylation is 3. The summed E-state index contributed by atoms with van der Waals surface area (Å²) in [7, 11) is 6.36. The number of carbonyl (C=O) groups is 1. The number of halogens is 2. The molecule has 2 amide bonds. The highest BCUT2D eigenvalue weighted by molar-refractivity contribution is 6.39. The van der Waals surface area contributed by atoms with Gasteiger partial charge < -0.3 is 25.0 Å². The molecule has 3 aromatic heterocycles. The summed E-state index contributed by atoms with van der Waals surface area (Å²) < 4.78 is 13.7. The van der Waals surface area contributed by atoms with Crippen molar-refractivity contribution in [1.29, 1.82) is 0 Å². The number of benzene rings is 2. The Bertz CT molecular complexity index is 2500. The smallest absolute Gasteiger partial charge is 0.330 e. The summed E-state index contributed by atoms with van der Waals surface area (Å²) >= 11 is 14.3. The Hall–Kier alpha value is -4.95. The predicted molar refractivity (Wildman–Crippen MR) is 214 cm³/mol. The lowest BCUT2D eigenvalue weighted by atomic mass is 9.99. The van der Waals surface area contributed by atoms with E-state index in [4.69, 9.17) is 37.7 Å². The zero-order chi connectivity index (χ0) is 38.8. The van der Waals surface area contributed by atoms with Crippen LogP contribution in [0.25, 0.3) is 33.3 Å². The van der Waals surface area contributed by atoms with Crippen molar-refractivity contribution in [1.82, 2.24) is 34.2 Å². The van der Waals surface area contributed by atoms with Crippen LogP contribution in [0.5, 0.6) is 5.88 Å². The van der Waals surface area contributed by atoms with Gasteiger partial charge in [-0.1, -0.05) is 53.5 Å². The van der Waals surface area contributed by atoms with Gasteiger partial charge in [0.1, 0.15) is 11.2 Å². The maximum atomic E-state index is 13.3. The van der Waals surface area contributed by atoms with Crippen molar-refractivity contribution in [2.24, 2.45) is 14.1 Å². The van der Waals surface area contributed by atoms with Crippen LogP contribution in [0.4, 0.5) is 16.3 Å². The van der Waals surface area contributed by atoms with Crippen LogP contribution in [-0.4, -0.2) is 87.5 Å². The average molecular weight is 786 g/mol. The third-order valence-electron chi connectivity index (χ3n) is 11.3. The summed E-state index contributed by atoms with van der Waals surface area (Å²) in [6, 6.07) is 15.2. The molecule has 3 aliphatic rings. The second kappa shape index (κ2) is 14.3. The lowest BCUT2D eigenvalue weighted by Crippen LogP contribution is -2.46. The fraction of sp³-hybridized carbons (Fsp3) is 0.375. The van der Waals surface area contributed by atoms with E-state index in [1.165, 1.54) is 11.6 Å². The zero-order valence-corrected chi connectivity index (χ0v) is 32.8. The first-order chi connectivity index (χ1) is 26.4. The van der Waals surface area contributed by atoms with Crippen LogP contribution < -0.4 is 26.6 Å². The van der Waals surface area contributed by atoms with Gasteiger partial charge in [-0.15, -0.1) is 0 Å². The molecule has 2 saturated heterocycles. The first kappa shape index (κ1) is 37.0. The number of nitrogens with zero attached hydrogens (tertiary/aromatic N) is 6. The van der Waals surface area contributed by atoms with Gasteiger partial charge in [0.2, 0.25) is 5.88 Å². The number of likely N-dealkylation sites (tertiary alicyclic amines) is 1. The van der Waals surface area contributed by atoms with E-state index in [-0.39, 0.29) is 23.0 Å². The molecule has 286 valence electrons. The van der Waals surface area contributed by atoms with E-state index in [1.54, 1.807) is 40.3 Å². The Morgan fingerprint density at radius 1 is 0.964 bits per heavy atom. The van der Waals surface area contributed by atoms with Crippen LogP contribution in [0.2, 0.25) is 10.0 Å². The molecular formula is C40H42Cl2N8O5. The van der Waals surface area contributed by atoms with Crippen LogP contribution in [0, 0.1) is 6.92 Å². The van der Waals surface area contributed by atoms with Crippen molar-refractivity contribution < 1.29 is 14.3 Å². The van der Waals surface area contributed by atoms with Crippen molar-refractivity contribution in [3.05, 3.63) is 96.2 Å². The van der Waals surface area contributed by atoms with E-state index < -0.39 is 11.2 Å². The second-order valence-corrected chi connectivity index (χ2v) is 15.4. The van der Waals surface area contributed by atoms with Gasteiger partial charge in [0.15, 0.2) is 0 Å². The van der Waals surface area contributed by atoms with Gasteiger partial charge in [0.25, 0.3) is 5.56 Å². The number of amides is 2. The molecule has 2 fully saturated rings. The lowest BCUT2D eigenvalue weighted by molar-refractivity contribution is 0.158. The van der Waals surface area contributed by atoms with Gasteiger partial charge in [0, 0.05) is 81.4 Å². The number of pyridine rings is 2. The monoisotopic (exact) mass is 784 g/mol. The number of rotatable bonds is 9. The second-order valence-electron chi connectivity index (χ2n) is 14.7. The van der Waals surface area contributed by atoms with E-state index in [1.807, 2.05) is 35.2 Å². The van der Waals surface area contributed by atoms with E-state index >= 15 is 0 Å². The molecule has 13 nitrogen and oxygen atoms in total. The highest BCUT2D eigenvalue weighted by Gasteiger charge is 2.49. The first-order valence-corrected chi connectivity index (χ1v) is 19.0. The van der Waals surface area contributed by atoms with Gasteiger partial charge in [-0.3, -0.25) is 18.8 Å². The number of methoxy groups -OCH3 is 2. The van der Waals surface area contributed by atoms with Crippen molar-refractivity contribution in [3.63, 3.8) is 0 Å². The molecule has 5 aromatic rings. The fourth-order valence-corrected chi connectivity index (χ4v) is 9.11. The maximum absolute atomic E-state index is 13.3. The maximum Gasteiger partial charge on any atom is 0.330 e. The summed E-state index contributed by atoms with van der Waals surface area (Å²) in [4.78, 5) is 52.7. The summed E-state index contributed by atoms with van der Waals surface area (Å²) in [5.74, 6) is 0.860. The molecule has 5 heterocycles. The molecule has 2 N–H and O–H groups in total. The summed E-state index contributed by atoms with van der Waals surface area (Å²) in [6.45, 7) is 5.17. The van der Waals surface area contributed by atoms with E-state index in [0.717, 1.165) is 53.6 Å². The molecule has 55 heavy (non-hydrogen) atoms. The summed E-state index contributed by atoms with van der Waals surface area (Å²) in [6.07, 6.45) is 2.66. The molecule has 1 spiro atoms. The van der Waals surface area contributed by atoms with E-state index in [9.17, 15) is 14.4 Å². The number of hydrogen-bond acceptors (Lipinski definition) is 9. The van der Waals surface area contributed by atoms with Crippen molar-refractivity contribution in [2.45, 2.75) is 37.8 Å². The Morgan fingerprint density at radius 3 is 2.47 bits per heavy atom. The van der Waals surface area contributed by atoms with Gasteiger partial charge in [-0.2, -0.15) is 0 Å². The van der Waals surface area contributed by atoms with Crippen molar-refractivity contribution >= 4 is 51.6 Å². The SMILES string of the molecule is COCCN1CC2(CCN(C3CCc4cc(-c5cccc(-c6cccc(Nc7nc(C)cc8c7c(=O)n(C)c(=O)n8C)c6Cl)c5Cl)nc(OC)c43)C2)NC1=O. The molecule has 2 unspecified atom stereocenters. The predicted octanol–water partition coefficient (Wildman–Crippen LogP) is 5.83. The van der Waals surface area contributed by atoms with Crippen molar-refractivity contribution in [3.8, 4) is 28.3 Å². The number of carbonyl (C=O) groups excluding carboxylic acids is 1. The first-order valence-electron chi connectivity index (χ1n) is 18.2. The minimum Gasteiger partial charge on any atom is -0.481 e. The number of hydrogen-bond donors (Lipinski definition) is 2. The number of nitrogens with one attached hydrogen (secondary N) is 2. The normalized spacial score (nSPS) is 19.4. The number of anilines is 2. The van der Waals surface area contributed by atoms with Crippen LogP contribution in [0.3, 0.4) is 0 Å². The van der Waals surface area contributed by atoms with Gasteiger partial charge in [-0.25, -0.2) is 19.6 Å². The number of fused-ring (bicyclic) bond motifs is 2. The minimum absolute atomic E-state index is 0.0314. The molecule has 0 bridgehead atoms. The molecule has 2 atom stereocenters. The van der Waals surface area contributed by atoms with Crippen LogP contribution in [0.1, 0.15) is 35.7 Å². The molecular weight excluding hydrogens is 743 g/mol. The summed E-state index contributed by atoms with van der Waals surface area (Å²) in [5.41, 5.74) is 5.50. The standard InChI is InChI=1S/C40H42Cl2N8O5/c1-22-18-30-32(37(51)48(3)39(53)47(30)2)35(43-22)44-27-11-7-9-25(34(27)42)24-8-6-10-26(33(24)41)28-19-23-12-13-29(31(23)36(45-28)55-5)49-15-14-40(20-49)21-50(16-17-54-4)38(52)46-40/h6-11,18-19,29H,12-17,20-21H2,1-5H3,(H,43,44)(H,46,52). The molecule has 15 heteroatoms. The fourth-order valence-electron chi connectivity index (χ4n) is 8.51. The number of aromatic nitrogens is 4. The van der Waals surface area contributed by atoms with Gasteiger partial charge in [-0.05, 0) is 49.9 Å². The topological polar surface area (TPSA) is 136 Å². The highest BCUT2D eigenvalue weighted by atomic mass is 35.5. The van der Waals surface area contributed by atoms with E-state index in [2.05, 4.69) is 26.6 Å². The molecule has 0 radical (unpaired) electrons. The zero-order valence-electron chi connectivity index (χ0n) is 31.3. The Kier molecular flexibility index (Phi) is 9.61. The molecule has 2 aliphatic heterocycles. The Morgan fingerprint density at radius 2 is 1.71 bits per heavy atom. The average Bonchev–Trinajstić information content (AvgIpc) is 3.88. The third kappa shape index (κ3) is 6.32. The Labute approximate surface area is 327 Å². The highest BCUT2D eigenvalue weighted by Crippen LogP contribution is 2.47. The number of urea groups is 1. The van der Waals surface area contributed by atoms with Crippen LogP contribution in [-0.2, 0) is 25.3 Å².